The predicted molar refractivity (Wildman–Crippen MR) is 490 cm³/mol. The number of aliphatic hydroxyl groups is 7. The van der Waals surface area contributed by atoms with E-state index in [1.165, 1.54) is 0 Å². The van der Waals surface area contributed by atoms with Gasteiger partial charge in [0, 0.05) is 145 Å². The lowest BCUT2D eigenvalue weighted by Crippen LogP contribution is -2.53. The molecule has 7 aromatic heterocycles. The van der Waals surface area contributed by atoms with E-state index in [2.05, 4.69) is 171 Å². The van der Waals surface area contributed by atoms with E-state index in [0.717, 1.165) is 119 Å². The van der Waals surface area contributed by atoms with Crippen LogP contribution < -0.4 is 34.3 Å². The molecule has 7 aliphatic rings. The molecule has 7 saturated heterocycles. The number of anilines is 7. The molecule has 0 aromatic carbocycles. The summed E-state index contributed by atoms with van der Waals surface area (Å²) in [5.41, 5.74) is 13.9. The van der Waals surface area contributed by atoms with Crippen LogP contribution in [0.3, 0.4) is 0 Å². The van der Waals surface area contributed by atoms with Crippen molar-refractivity contribution in [3.8, 4) is 0 Å². The van der Waals surface area contributed by atoms with Crippen LogP contribution in [0.25, 0.3) is 0 Å². The quantitative estimate of drug-likeness (QED) is 0.0394. The van der Waals surface area contributed by atoms with Crippen molar-refractivity contribution >= 4 is 39.8 Å². The number of rotatable bonds is 18. The Labute approximate surface area is 735 Å². The first-order valence-corrected chi connectivity index (χ1v) is 45.1. The van der Waals surface area contributed by atoms with Crippen LogP contribution in [0.4, 0.5) is 61.8 Å². The monoisotopic (exact) mass is 1730 g/mol. The summed E-state index contributed by atoms with van der Waals surface area (Å²) in [6.07, 6.45) is 7.16. The lowest BCUT2D eigenvalue weighted by Gasteiger charge is -2.41. The maximum atomic E-state index is 13.1. The Morgan fingerprint density at radius 3 is 0.742 bits per heavy atom. The number of likely N-dealkylation sites (N-methyl/N-ethyl adjacent to an activating group) is 1. The van der Waals surface area contributed by atoms with Gasteiger partial charge in [-0.05, 0) is 199 Å². The highest BCUT2D eigenvalue weighted by atomic mass is 19.2. The zero-order valence-electron chi connectivity index (χ0n) is 76.7. The number of piperidine rings is 7. The number of aliphatic hydroxyl groups excluding tert-OH is 6. The molecule has 124 heavy (non-hydrogen) atoms. The van der Waals surface area contributed by atoms with Crippen LogP contribution in [-0.4, -0.2) is 274 Å². The Morgan fingerprint density at radius 2 is 0.548 bits per heavy atom. The standard InChI is InChI=1S/C16H27N3O.C15H24N2O2.5C13H19FN2O/c1-13(2)15-7-6-14(10-17-15)19-9-5-8-16(20,12-19)11-18(3)4;1-4-19-15-10-17(8-7-14(15)18)12-5-6-13(11(2)3)16-9-12;5*1-9(2)12-4-3-10(7-15-12)16-6-5-11(14)13(17)8-16/h6-7,10,13,20H,5,8-9,11-12H2,1-4H3;5-6,9,11,14-15,18H,4,7-8,10H2,1-3H3;5*3-4,7,9,11,13,17H,5-6,8H2,1-2H3/t16-;;2*11-,13+;2*11-,13-;/m0.1010./s1. The van der Waals surface area contributed by atoms with Gasteiger partial charge in [-0.3, -0.25) is 34.9 Å². The summed E-state index contributed by atoms with van der Waals surface area (Å²) in [6.45, 7) is 41.1. The van der Waals surface area contributed by atoms with E-state index in [1.807, 2.05) is 119 Å². The van der Waals surface area contributed by atoms with Crippen LogP contribution >= 0.6 is 0 Å². The Bertz CT molecular complexity index is 3710. The Hall–Kier alpha value is -8.06. The molecule has 7 aliphatic heterocycles. The smallest absolute Gasteiger partial charge is 0.129 e. The summed E-state index contributed by atoms with van der Waals surface area (Å²) in [6, 6.07) is 28.4. The largest absolute Gasteiger partial charge is 0.390 e. The molecule has 7 fully saturated rings. The van der Waals surface area contributed by atoms with E-state index in [4.69, 9.17) is 4.74 Å². The lowest BCUT2D eigenvalue weighted by atomic mass is 9.92. The molecule has 0 amide bonds. The van der Waals surface area contributed by atoms with Gasteiger partial charge in [-0.2, -0.15) is 0 Å². The molecular weight excluding hydrogens is 1590 g/mol. The van der Waals surface area contributed by atoms with Gasteiger partial charge in [0.25, 0.3) is 0 Å². The number of β-amino-alcohol motifs (C(OH)–C–C–N with tert-alkyl or cyclic N) is 6. The third-order valence-electron chi connectivity index (χ3n) is 23.7. The molecule has 0 aliphatic carbocycles. The molecule has 28 heteroatoms. The molecule has 14 rings (SSSR count). The fourth-order valence-corrected chi connectivity index (χ4v) is 15.7. The zero-order chi connectivity index (χ0) is 90.6. The van der Waals surface area contributed by atoms with Crippen LogP contribution in [0.15, 0.2) is 128 Å². The summed E-state index contributed by atoms with van der Waals surface area (Å²) < 4.78 is 71.3. The third-order valence-corrected chi connectivity index (χ3v) is 23.7. The maximum Gasteiger partial charge on any atom is 0.129 e. The summed E-state index contributed by atoms with van der Waals surface area (Å²) >= 11 is 0. The molecule has 0 spiro atoms. The number of nitrogens with zero attached hydrogens (tertiary/aromatic N) is 15. The maximum absolute atomic E-state index is 13.1. The first kappa shape index (κ1) is 101. The van der Waals surface area contributed by atoms with E-state index >= 15 is 0 Å². The van der Waals surface area contributed by atoms with E-state index in [9.17, 15) is 57.7 Å². The second-order valence-electron chi connectivity index (χ2n) is 36.5. The Kier molecular flexibility index (Phi) is 40.3. The minimum Gasteiger partial charge on any atom is -0.390 e. The van der Waals surface area contributed by atoms with Crippen molar-refractivity contribution in [2.45, 2.75) is 276 Å². The van der Waals surface area contributed by atoms with E-state index < -0.39 is 67.0 Å². The van der Waals surface area contributed by atoms with Crippen molar-refractivity contribution in [2.75, 3.05) is 153 Å². The molecule has 0 bridgehead atoms. The van der Waals surface area contributed by atoms with Gasteiger partial charge in [0.1, 0.15) is 67.5 Å². The first-order valence-electron chi connectivity index (χ1n) is 45.1. The van der Waals surface area contributed by atoms with E-state index in [-0.39, 0.29) is 12.2 Å². The summed E-state index contributed by atoms with van der Waals surface area (Å²) in [4.78, 5) is 47.4. The molecular formula is C96H146F5N15O8. The molecule has 0 saturated carbocycles. The van der Waals surface area contributed by atoms with E-state index in [1.54, 1.807) is 31.0 Å². The second kappa shape index (κ2) is 49.3. The molecule has 23 nitrogen and oxygen atoms in total. The van der Waals surface area contributed by atoms with Crippen LogP contribution in [0.5, 0.6) is 0 Å². The number of ether oxygens (including phenoxy) is 1. The van der Waals surface area contributed by atoms with Crippen LogP contribution in [-0.2, 0) is 4.74 Å². The second-order valence-corrected chi connectivity index (χ2v) is 36.5. The minimum absolute atomic E-state index is 0.0940. The fraction of sp³-hybridized carbons (Fsp3) is 0.635. The van der Waals surface area contributed by atoms with Crippen molar-refractivity contribution in [1.29, 1.82) is 0 Å². The van der Waals surface area contributed by atoms with Gasteiger partial charge in [0.2, 0.25) is 0 Å². The Balaban J connectivity index is 0.000000180. The topological polar surface area (TPSA) is 267 Å². The predicted octanol–water partition coefficient (Wildman–Crippen LogP) is 14.8. The van der Waals surface area contributed by atoms with Gasteiger partial charge in [-0.1, -0.05) is 96.9 Å². The number of alkyl halides is 5. The SMILES string of the molecule is CC(C)c1ccc(N2CCC(F)C(O)C2)cn1.CC(C)c1ccc(N2CCC[C@](O)(CN(C)C)C2)cn1.CC(C)c1ccc(N2CC[C@@H](F)[C@@H](O)C2)cn1.CC(C)c1ccc(N2CC[C@@H](F)[C@H](O)C2)cn1.CC(C)c1ccc(N2CC[C@H](F)[C@@H](O)C2)cn1.CC(C)c1ccc(N2CC[C@H](F)[C@H](O)C2)cn1.CCOC1CN(c2ccc(C(C)C)nc2)CCC1O. The highest BCUT2D eigenvalue weighted by molar-refractivity contribution is 5.51. The average molecular weight is 1730 g/mol. The highest BCUT2D eigenvalue weighted by Crippen LogP contribution is 2.32. The molecule has 7 N–H and O–H groups in total. The first-order chi connectivity index (χ1) is 58.9. The van der Waals surface area contributed by atoms with Crippen molar-refractivity contribution < 1.29 is 62.4 Å². The zero-order valence-corrected chi connectivity index (χ0v) is 76.7. The van der Waals surface area contributed by atoms with Crippen molar-refractivity contribution in [2.24, 2.45) is 0 Å². The minimum atomic E-state index is -1.09. The van der Waals surface area contributed by atoms with Crippen molar-refractivity contribution in [3.63, 3.8) is 0 Å². The van der Waals surface area contributed by atoms with Crippen LogP contribution in [0.1, 0.15) is 237 Å². The van der Waals surface area contributed by atoms with Crippen molar-refractivity contribution in [3.05, 3.63) is 168 Å². The van der Waals surface area contributed by atoms with E-state index in [0.29, 0.717) is 159 Å². The third kappa shape index (κ3) is 31.2. The summed E-state index contributed by atoms with van der Waals surface area (Å²) in [7, 11) is 4.02. The molecule has 0 radical (unpaired) electrons. The highest BCUT2D eigenvalue weighted by Gasteiger charge is 2.36. The molecule has 4 unspecified atom stereocenters. The summed E-state index contributed by atoms with van der Waals surface area (Å²) in [5, 5.41) is 68.2. The average Bonchev–Trinajstić information content (AvgIpc) is 0.802. The molecule has 7 aromatic rings. The lowest BCUT2D eigenvalue weighted by molar-refractivity contribution is -0.0398. The van der Waals surface area contributed by atoms with Gasteiger partial charge in [0.05, 0.1) is 94.9 Å². The van der Waals surface area contributed by atoms with Crippen LogP contribution in [0.2, 0.25) is 0 Å². The number of pyridine rings is 7. The Morgan fingerprint density at radius 1 is 0.331 bits per heavy atom. The van der Waals surface area contributed by atoms with Gasteiger partial charge in [-0.25, -0.2) is 22.0 Å². The van der Waals surface area contributed by atoms with Gasteiger partial charge in [-0.15, -0.1) is 0 Å². The number of aromatic nitrogens is 7. The molecule has 14 heterocycles. The fourth-order valence-electron chi connectivity index (χ4n) is 15.7. The number of hydrogen-bond acceptors (Lipinski definition) is 23. The number of hydrogen-bond donors (Lipinski definition) is 7. The van der Waals surface area contributed by atoms with Gasteiger partial charge in [0.15, 0.2) is 0 Å². The van der Waals surface area contributed by atoms with Crippen molar-refractivity contribution in [1.82, 2.24) is 39.8 Å². The van der Waals surface area contributed by atoms with Crippen LogP contribution in [0, 0.1) is 0 Å². The van der Waals surface area contributed by atoms with Gasteiger partial charge >= 0.3 is 0 Å². The number of halogens is 5. The normalized spacial score (nSPS) is 24.9. The molecule has 688 valence electrons. The summed E-state index contributed by atoms with van der Waals surface area (Å²) in [5.74, 6) is 2.95. The molecule has 13 atom stereocenters. The van der Waals surface area contributed by atoms with Gasteiger partial charge < -0.3 is 79.7 Å².